The zero-order chi connectivity index (χ0) is 49.7. The van der Waals surface area contributed by atoms with Crippen molar-refractivity contribution >= 4 is 16.9 Å². The number of nitrogens with one attached hydrogen (secondary N) is 1. The summed E-state index contributed by atoms with van der Waals surface area (Å²) in [6.07, 6.45) is 29.2. The lowest BCUT2D eigenvalue weighted by atomic mass is 10.2. The lowest BCUT2D eigenvalue weighted by Gasteiger charge is -2.14. The van der Waals surface area contributed by atoms with Gasteiger partial charge in [0.25, 0.3) is 0 Å². The van der Waals surface area contributed by atoms with Crippen molar-refractivity contribution in [3.63, 3.8) is 0 Å². The van der Waals surface area contributed by atoms with Crippen LogP contribution in [0.1, 0.15) is 132 Å². The molecule has 2 unspecified atom stereocenters. The summed E-state index contributed by atoms with van der Waals surface area (Å²) in [5.41, 5.74) is 17.3. The van der Waals surface area contributed by atoms with Crippen molar-refractivity contribution in [2.45, 2.75) is 183 Å². The summed E-state index contributed by atoms with van der Waals surface area (Å²) < 4.78 is 12.1. The van der Waals surface area contributed by atoms with Gasteiger partial charge in [-0.25, -0.2) is 28.7 Å². The third-order valence-corrected chi connectivity index (χ3v) is 14.2. The van der Waals surface area contributed by atoms with Crippen LogP contribution in [0.5, 0.6) is 0 Å². The number of aliphatic hydroxyl groups excluding tert-OH is 5. The molecule has 7 fully saturated rings. The average molecular weight is 985 g/mol. The van der Waals surface area contributed by atoms with E-state index in [-0.39, 0.29) is 54.6 Å². The maximum atomic E-state index is 10.2. The van der Waals surface area contributed by atoms with Crippen LogP contribution < -0.4 is 5.73 Å². The Morgan fingerprint density at radius 3 is 1.62 bits per heavy atom. The molecule has 7 aliphatic rings. The molecule has 5 aliphatic carbocycles. The van der Waals surface area contributed by atoms with Crippen molar-refractivity contribution in [2.75, 3.05) is 18.8 Å². The third kappa shape index (κ3) is 13.9. The number of nitrogens with zero attached hydrogens (tertiary/aromatic N) is 18. The van der Waals surface area contributed by atoms with Gasteiger partial charge in [0.1, 0.15) is 11.8 Å². The predicted octanol–water partition coefficient (Wildman–Crippen LogP) is 3.10. The normalized spacial score (nSPS) is 30.3. The minimum absolute atomic E-state index is 0.0725. The highest BCUT2D eigenvalue weighted by Crippen LogP contribution is 2.38. The minimum atomic E-state index is -0.462. The number of epoxide rings is 1. The zero-order valence-electron chi connectivity index (χ0n) is 40.1. The second kappa shape index (κ2) is 24.9. The van der Waals surface area contributed by atoms with Gasteiger partial charge in [0.15, 0.2) is 5.82 Å². The number of fused-ring (bicyclic) bond motifs is 2. The maximum Gasteiger partial charge on any atom is 0.151 e. The fourth-order valence-corrected chi connectivity index (χ4v) is 10.3. The Hall–Kier alpha value is -5.99. The van der Waals surface area contributed by atoms with E-state index in [9.17, 15) is 20.4 Å². The van der Waals surface area contributed by atoms with E-state index in [0.29, 0.717) is 37.7 Å². The van der Waals surface area contributed by atoms with E-state index in [4.69, 9.17) is 21.1 Å². The summed E-state index contributed by atoms with van der Waals surface area (Å²) in [7, 11) is 0. The van der Waals surface area contributed by atoms with E-state index >= 15 is 0 Å². The Bertz CT molecular complexity index is 2460. The molecule has 13 rings (SSSR count). The van der Waals surface area contributed by atoms with Crippen LogP contribution in [-0.2, 0) is 11.3 Å². The van der Waals surface area contributed by atoms with Crippen molar-refractivity contribution in [3.8, 4) is 0 Å². The molecule has 0 amide bonds. The molecule has 0 bridgehead atoms. The first-order valence-electron chi connectivity index (χ1n) is 24.9. The molecule has 0 radical (unpaired) electrons. The topological polar surface area (TPSA) is 356 Å². The average Bonchev–Trinajstić information content (AvgIpc) is 4.20. The summed E-state index contributed by atoms with van der Waals surface area (Å²) in [6.45, 7) is 3.88. The Balaban J connectivity index is 0.000000120. The first-order valence-corrected chi connectivity index (χ1v) is 24.9. The second-order valence-corrected chi connectivity index (χ2v) is 19.2. The molecule has 8 heterocycles. The Labute approximate surface area is 410 Å². The first kappa shape index (κ1) is 51.4. The Morgan fingerprint density at radius 1 is 0.662 bits per heavy atom. The Morgan fingerprint density at radius 2 is 1.20 bits per heavy atom. The molecule has 26 nitrogen and oxygen atoms in total. The van der Waals surface area contributed by atoms with Crippen LogP contribution in [0.4, 0.5) is 5.82 Å². The predicted molar refractivity (Wildman–Crippen MR) is 255 cm³/mol. The summed E-state index contributed by atoms with van der Waals surface area (Å²) >= 11 is 0. The van der Waals surface area contributed by atoms with Crippen molar-refractivity contribution in [2.24, 2.45) is 5.11 Å². The SMILES string of the molecule is C1CC2OC2C1.Cc1cn([C@H]2CCC[C@@H]2O)nn1.Nc1ncnc2cc(CN3C[C@H](O)[C@@H](n4ccnn4)C3)[nH]c12.O[C@H]1CCC[C@@H]1n1ccnn1.O[C@H]1CCC[C@@H]1n1ccnn1.[N-]=[N+]=N[C@H]1CCC[C@@H]1O. The van der Waals surface area contributed by atoms with Crippen LogP contribution in [-0.4, -0.2) is 167 Å². The molecule has 5 saturated carbocycles. The van der Waals surface area contributed by atoms with Crippen molar-refractivity contribution in [3.05, 3.63) is 77.6 Å². The molecule has 71 heavy (non-hydrogen) atoms. The van der Waals surface area contributed by atoms with Gasteiger partial charge in [-0.15, -0.1) is 20.4 Å². The zero-order valence-corrected chi connectivity index (χ0v) is 40.1. The number of nitrogens with two attached hydrogens (primary N) is 1. The van der Waals surface area contributed by atoms with Crippen LogP contribution in [0.2, 0.25) is 0 Å². The van der Waals surface area contributed by atoms with E-state index in [0.717, 1.165) is 99.5 Å². The standard InChI is InChI=1S/C13H16N8O.C8H13N3O.2C7H11N3O.C5H9N3O.C5H8O/c14-13-12-9(15-7-16-13)3-8(18-12)4-20-5-10(11(22)6-20)21-2-1-17-19-21;1-6-5-11(10-9-6)7-3-2-4-8(7)12;2*11-7-3-1-2-6(7)10-5-4-8-9-10;6-8-7-4-2-1-3-5(4)9;1-2-4-5(3-1)6-4/h1-3,7,10-11,18,22H,4-6H2,(H2,14,15,16);5,7-8,12H,2-4H2,1H3;2*4-7,11H,1-3H2;4-5,9H,1-3H2;4-5H,1-3H2/t10-,11-;7-,8-;2*6-,7-;4-,5-;/m00000./s1. The number of nitrogen functional groups attached to an aromatic ring is 1. The van der Waals surface area contributed by atoms with E-state index in [1.165, 1.54) is 25.6 Å². The largest absolute Gasteiger partial charge is 0.393 e. The molecule has 26 heteroatoms. The number of β-amino-alcohol motifs (C(OH)–C–C–N with tert-alkyl or cyclic N) is 1. The van der Waals surface area contributed by atoms with E-state index in [2.05, 4.69) is 71.1 Å². The van der Waals surface area contributed by atoms with Gasteiger partial charge in [0, 0.05) is 55.0 Å². The van der Waals surface area contributed by atoms with Gasteiger partial charge in [0.2, 0.25) is 0 Å². The monoisotopic (exact) mass is 985 g/mol. The molecule has 12 atom stereocenters. The molecule has 6 aromatic heterocycles. The van der Waals surface area contributed by atoms with Gasteiger partial charge in [-0.3, -0.25) is 4.90 Å². The second-order valence-electron chi connectivity index (χ2n) is 19.2. The van der Waals surface area contributed by atoms with E-state index < -0.39 is 6.10 Å². The molecule has 6 aromatic rings. The molecule has 384 valence electrons. The maximum absolute atomic E-state index is 10.2. The molecule has 0 aromatic carbocycles. The van der Waals surface area contributed by atoms with Gasteiger partial charge in [-0.2, -0.15) is 0 Å². The summed E-state index contributed by atoms with van der Waals surface area (Å²) in [6, 6.07) is 2.22. The summed E-state index contributed by atoms with van der Waals surface area (Å²) in [5.74, 6) is 0.443. The summed E-state index contributed by atoms with van der Waals surface area (Å²) in [5, 5.41) is 81.9. The molecule has 2 saturated heterocycles. The molecular weight excluding hydrogens is 917 g/mol. The lowest BCUT2D eigenvalue weighted by Crippen LogP contribution is -2.22. The summed E-state index contributed by atoms with van der Waals surface area (Å²) in [4.78, 5) is 16.2. The van der Waals surface area contributed by atoms with Gasteiger partial charge < -0.3 is 41.0 Å². The van der Waals surface area contributed by atoms with Gasteiger partial charge in [0.05, 0.1) is 103 Å². The minimum Gasteiger partial charge on any atom is -0.393 e. The highest BCUT2D eigenvalue weighted by atomic mass is 16.6. The fourth-order valence-electron chi connectivity index (χ4n) is 10.3. The number of hydrogen-bond donors (Lipinski definition) is 7. The number of rotatable bonds is 7. The lowest BCUT2D eigenvalue weighted by molar-refractivity contribution is 0.129. The number of hydrogen-bond acceptors (Lipinski definition) is 19. The number of ether oxygens (including phenoxy) is 1. The molecule has 0 spiro atoms. The van der Waals surface area contributed by atoms with Gasteiger partial charge >= 0.3 is 0 Å². The van der Waals surface area contributed by atoms with Crippen molar-refractivity contribution in [1.82, 2.24) is 79.8 Å². The number of azide groups is 1. The van der Waals surface area contributed by atoms with Crippen molar-refractivity contribution < 1.29 is 30.3 Å². The van der Waals surface area contributed by atoms with Crippen LogP contribution in [0.25, 0.3) is 21.5 Å². The van der Waals surface area contributed by atoms with Crippen LogP contribution in [0.15, 0.2) is 60.9 Å². The first-order chi connectivity index (χ1) is 34.5. The third-order valence-electron chi connectivity index (χ3n) is 14.2. The smallest absolute Gasteiger partial charge is 0.151 e. The molecular formula is C45H68N20O6. The number of H-pyrrole nitrogens is 1. The van der Waals surface area contributed by atoms with E-state index in [1.54, 1.807) is 55.9 Å². The van der Waals surface area contributed by atoms with Crippen LogP contribution in [0, 0.1) is 6.92 Å². The highest BCUT2D eigenvalue weighted by molar-refractivity contribution is 5.84. The number of aryl methyl sites for hydroxylation is 1. The van der Waals surface area contributed by atoms with Crippen LogP contribution >= 0.6 is 0 Å². The van der Waals surface area contributed by atoms with E-state index in [1.807, 2.05) is 19.2 Å². The van der Waals surface area contributed by atoms with Gasteiger partial charge in [-0.1, -0.05) is 32.4 Å². The Kier molecular flexibility index (Phi) is 18.0. The quantitative estimate of drug-likeness (QED) is 0.0523. The van der Waals surface area contributed by atoms with Crippen LogP contribution in [0.3, 0.4) is 0 Å². The fraction of sp³-hybridized carbons (Fsp3) is 0.689. The highest BCUT2D eigenvalue weighted by Gasteiger charge is 2.42. The molecule has 8 N–H and O–H groups in total. The van der Waals surface area contributed by atoms with Crippen molar-refractivity contribution in [1.29, 1.82) is 0 Å². The number of anilines is 1. The number of aliphatic hydroxyl groups is 5. The number of likely N-dealkylation sites (tertiary alicyclic amines) is 1. The van der Waals surface area contributed by atoms with Gasteiger partial charge in [-0.05, 0) is 108 Å². The number of aromatic nitrogens is 15. The number of aromatic amines is 1. The molecule has 2 aliphatic heterocycles.